The van der Waals surface area contributed by atoms with Crippen molar-refractivity contribution in [2.24, 2.45) is 0 Å². The summed E-state index contributed by atoms with van der Waals surface area (Å²) in [6, 6.07) is 19.8. The minimum absolute atomic E-state index is 0.460. The first-order valence-corrected chi connectivity index (χ1v) is 9.98. The normalized spacial score (nSPS) is 10.5. The monoisotopic (exact) mass is 411 g/mol. The standard InChI is InChI=1S/C24H26ClNO3/c1-4-28-23-13-19(15-26-20-8-10-21(27-3)11-9-20)22(25)14-24(23)29-16-18-7-5-6-17(2)12-18/h5-14,26H,4,15-16H2,1-3H3. The molecular formula is C24H26ClNO3. The predicted molar refractivity (Wildman–Crippen MR) is 118 cm³/mol. The van der Waals surface area contributed by atoms with Gasteiger partial charge >= 0.3 is 0 Å². The third kappa shape index (κ3) is 5.81. The van der Waals surface area contributed by atoms with E-state index in [1.54, 1.807) is 7.11 Å². The van der Waals surface area contributed by atoms with Crippen LogP contribution in [0.4, 0.5) is 5.69 Å². The number of aryl methyl sites for hydroxylation is 1. The van der Waals surface area contributed by atoms with Gasteiger partial charge in [0.25, 0.3) is 0 Å². The molecule has 152 valence electrons. The number of anilines is 1. The summed E-state index contributed by atoms with van der Waals surface area (Å²) in [7, 11) is 1.65. The lowest BCUT2D eigenvalue weighted by molar-refractivity contribution is 0.269. The van der Waals surface area contributed by atoms with Gasteiger partial charge in [-0.3, -0.25) is 0 Å². The molecule has 0 aromatic heterocycles. The molecule has 3 aromatic carbocycles. The van der Waals surface area contributed by atoms with Gasteiger partial charge in [-0.15, -0.1) is 0 Å². The van der Waals surface area contributed by atoms with E-state index in [-0.39, 0.29) is 0 Å². The number of hydrogen-bond acceptors (Lipinski definition) is 4. The van der Waals surface area contributed by atoms with Crippen LogP contribution in [0, 0.1) is 6.92 Å². The molecule has 3 rings (SSSR count). The van der Waals surface area contributed by atoms with E-state index in [9.17, 15) is 0 Å². The first kappa shape index (κ1) is 20.9. The maximum atomic E-state index is 6.53. The fourth-order valence-electron chi connectivity index (χ4n) is 2.96. The molecule has 0 unspecified atom stereocenters. The van der Waals surface area contributed by atoms with Crippen LogP contribution >= 0.6 is 11.6 Å². The third-order valence-corrected chi connectivity index (χ3v) is 4.81. The van der Waals surface area contributed by atoms with Crippen molar-refractivity contribution in [1.82, 2.24) is 0 Å². The highest BCUT2D eigenvalue weighted by molar-refractivity contribution is 6.31. The summed E-state index contributed by atoms with van der Waals surface area (Å²) < 4.78 is 17.0. The zero-order chi connectivity index (χ0) is 20.6. The van der Waals surface area contributed by atoms with Gasteiger partial charge in [-0.05, 0) is 55.3 Å². The van der Waals surface area contributed by atoms with E-state index in [4.69, 9.17) is 25.8 Å². The molecule has 5 heteroatoms. The second-order valence-corrected chi connectivity index (χ2v) is 7.09. The molecule has 0 amide bonds. The van der Waals surface area contributed by atoms with Crippen LogP contribution in [0.3, 0.4) is 0 Å². The van der Waals surface area contributed by atoms with Gasteiger partial charge in [-0.25, -0.2) is 0 Å². The molecule has 0 radical (unpaired) electrons. The van der Waals surface area contributed by atoms with Crippen LogP contribution < -0.4 is 19.5 Å². The maximum Gasteiger partial charge on any atom is 0.163 e. The second kappa shape index (κ2) is 10.1. The molecule has 0 saturated heterocycles. The Morgan fingerprint density at radius 2 is 1.69 bits per heavy atom. The van der Waals surface area contributed by atoms with Crippen molar-refractivity contribution in [2.75, 3.05) is 19.0 Å². The molecule has 0 aliphatic heterocycles. The summed E-state index contributed by atoms with van der Waals surface area (Å²) in [5, 5.41) is 4.00. The number of benzene rings is 3. The Labute approximate surface area is 177 Å². The minimum Gasteiger partial charge on any atom is -0.497 e. The third-order valence-electron chi connectivity index (χ3n) is 4.46. The maximum absolute atomic E-state index is 6.53. The largest absolute Gasteiger partial charge is 0.497 e. The minimum atomic E-state index is 0.460. The van der Waals surface area contributed by atoms with Gasteiger partial charge in [0, 0.05) is 23.3 Å². The summed E-state index contributed by atoms with van der Waals surface area (Å²) >= 11 is 6.53. The van der Waals surface area contributed by atoms with Gasteiger partial charge in [0.05, 0.1) is 13.7 Å². The quantitative estimate of drug-likeness (QED) is 0.452. The number of hydrogen-bond donors (Lipinski definition) is 1. The fourth-order valence-corrected chi connectivity index (χ4v) is 3.18. The van der Waals surface area contributed by atoms with Crippen LogP contribution in [-0.2, 0) is 13.2 Å². The first-order chi connectivity index (χ1) is 14.1. The molecule has 4 nitrogen and oxygen atoms in total. The van der Waals surface area contributed by atoms with Crippen molar-refractivity contribution >= 4 is 17.3 Å². The molecule has 3 aromatic rings. The Morgan fingerprint density at radius 3 is 2.38 bits per heavy atom. The van der Waals surface area contributed by atoms with Gasteiger partial charge < -0.3 is 19.5 Å². The van der Waals surface area contributed by atoms with E-state index in [0.29, 0.717) is 36.3 Å². The molecule has 0 spiro atoms. The van der Waals surface area contributed by atoms with Gasteiger partial charge in [0.15, 0.2) is 11.5 Å². The van der Waals surface area contributed by atoms with Gasteiger partial charge in [-0.2, -0.15) is 0 Å². The molecule has 29 heavy (non-hydrogen) atoms. The van der Waals surface area contributed by atoms with E-state index < -0.39 is 0 Å². The number of ether oxygens (including phenoxy) is 3. The van der Waals surface area contributed by atoms with E-state index in [2.05, 4.69) is 24.4 Å². The van der Waals surface area contributed by atoms with E-state index in [0.717, 1.165) is 22.6 Å². The lowest BCUT2D eigenvalue weighted by Crippen LogP contribution is -2.04. The van der Waals surface area contributed by atoms with Crippen LogP contribution in [0.25, 0.3) is 0 Å². The molecule has 0 saturated carbocycles. The highest BCUT2D eigenvalue weighted by atomic mass is 35.5. The zero-order valence-electron chi connectivity index (χ0n) is 17.0. The van der Waals surface area contributed by atoms with Crippen LogP contribution in [0.2, 0.25) is 5.02 Å². The van der Waals surface area contributed by atoms with Crippen molar-refractivity contribution in [3.8, 4) is 17.2 Å². The van der Waals surface area contributed by atoms with Gasteiger partial charge in [0.2, 0.25) is 0 Å². The molecule has 0 fully saturated rings. The van der Waals surface area contributed by atoms with Crippen molar-refractivity contribution in [2.45, 2.75) is 27.0 Å². The molecule has 0 atom stereocenters. The molecule has 0 aliphatic rings. The van der Waals surface area contributed by atoms with Crippen LogP contribution in [0.5, 0.6) is 17.2 Å². The van der Waals surface area contributed by atoms with Gasteiger partial charge in [0.1, 0.15) is 12.4 Å². The summed E-state index contributed by atoms with van der Waals surface area (Å²) in [4.78, 5) is 0. The first-order valence-electron chi connectivity index (χ1n) is 9.60. The molecule has 0 heterocycles. The smallest absolute Gasteiger partial charge is 0.163 e. The van der Waals surface area contributed by atoms with E-state index >= 15 is 0 Å². The Kier molecular flexibility index (Phi) is 7.25. The SMILES string of the molecule is CCOc1cc(CNc2ccc(OC)cc2)c(Cl)cc1OCc1cccc(C)c1. The van der Waals surface area contributed by atoms with Crippen LogP contribution in [0.15, 0.2) is 60.7 Å². The molecule has 0 aliphatic carbocycles. The van der Waals surface area contributed by atoms with E-state index in [1.807, 2.05) is 55.5 Å². The Bertz CT molecular complexity index is 941. The van der Waals surface area contributed by atoms with Crippen molar-refractivity contribution < 1.29 is 14.2 Å². The predicted octanol–water partition coefficient (Wildman–Crippen LogP) is 6.25. The number of methoxy groups -OCH3 is 1. The van der Waals surface area contributed by atoms with Crippen LogP contribution in [0.1, 0.15) is 23.6 Å². The second-order valence-electron chi connectivity index (χ2n) is 6.68. The van der Waals surface area contributed by atoms with Crippen molar-refractivity contribution in [3.63, 3.8) is 0 Å². The average Bonchev–Trinajstić information content (AvgIpc) is 2.73. The number of halogens is 1. The highest BCUT2D eigenvalue weighted by Crippen LogP contribution is 2.34. The van der Waals surface area contributed by atoms with E-state index in [1.165, 1.54) is 5.56 Å². The lowest BCUT2D eigenvalue weighted by Gasteiger charge is -2.16. The fraction of sp³-hybridized carbons (Fsp3) is 0.250. The highest BCUT2D eigenvalue weighted by Gasteiger charge is 2.12. The average molecular weight is 412 g/mol. The van der Waals surface area contributed by atoms with Crippen molar-refractivity contribution in [3.05, 3.63) is 82.4 Å². The Hall–Kier alpha value is -2.85. The lowest BCUT2D eigenvalue weighted by atomic mass is 10.1. The van der Waals surface area contributed by atoms with Gasteiger partial charge in [-0.1, -0.05) is 41.4 Å². The Morgan fingerprint density at radius 1 is 0.931 bits per heavy atom. The number of rotatable bonds is 9. The Balaban J connectivity index is 1.72. The molecule has 0 bridgehead atoms. The van der Waals surface area contributed by atoms with Crippen molar-refractivity contribution in [1.29, 1.82) is 0 Å². The summed E-state index contributed by atoms with van der Waals surface area (Å²) in [6.07, 6.45) is 0. The topological polar surface area (TPSA) is 39.7 Å². The summed E-state index contributed by atoms with van der Waals surface area (Å²) in [5.41, 5.74) is 4.23. The van der Waals surface area contributed by atoms with Crippen LogP contribution in [-0.4, -0.2) is 13.7 Å². The molecule has 1 N–H and O–H groups in total. The summed E-state index contributed by atoms with van der Waals surface area (Å²) in [5.74, 6) is 2.16. The number of nitrogens with one attached hydrogen (secondary N) is 1. The molecular weight excluding hydrogens is 386 g/mol. The zero-order valence-corrected chi connectivity index (χ0v) is 17.8. The summed E-state index contributed by atoms with van der Waals surface area (Å²) in [6.45, 7) is 5.60.